The Bertz CT molecular complexity index is 532. The van der Waals surface area contributed by atoms with E-state index >= 15 is 0 Å². The molecule has 4 atom stereocenters. The van der Waals surface area contributed by atoms with Crippen molar-refractivity contribution >= 4 is 23.9 Å². The molecule has 0 bridgehead atoms. The molecule has 0 aliphatic heterocycles. The van der Waals surface area contributed by atoms with Crippen molar-refractivity contribution in [1.29, 1.82) is 0 Å². The smallest absolute Gasteiger partial charge is 0.310 e. The van der Waals surface area contributed by atoms with E-state index in [9.17, 15) is 19.2 Å². The summed E-state index contributed by atoms with van der Waals surface area (Å²) in [6.45, 7) is 13.8. The second-order valence-corrected chi connectivity index (χ2v) is 6.61. The Morgan fingerprint density at radius 2 is 0.562 bits per heavy atom. The Morgan fingerprint density at radius 1 is 0.438 bits per heavy atom. The maximum Gasteiger partial charge on any atom is 0.310 e. The average Bonchev–Trinajstić information content (AvgIpc) is 2.70. The number of hydrogen-bond donors (Lipinski definition) is 4. The number of aliphatic carboxylic acids is 4. The molecule has 0 heterocycles. The minimum Gasteiger partial charge on any atom is -0.481 e. The van der Waals surface area contributed by atoms with Gasteiger partial charge in [0.25, 0.3) is 0 Å². The third-order valence-electron chi connectivity index (χ3n) is 3.48. The van der Waals surface area contributed by atoms with Crippen LogP contribution >= 0.6 is 0 Å². The fraction of sp³-hybridized carbons (Fsp3) is 0.500. The lowest BCUT2D eigenvalue weighted by Crippen LogP contribution is -2.05. The van der Waals surface area contributed by atoms with Gasteiger partial charge in [-0.1, -0.05) is 48.6 Å². The van der Waals surface area contributed by atoms with Crippen LogP contribution in [-0.4, -0.2) is 44.3 Å². The first-order valence-corrected chi connectivity index (χ1v) is 10.2. The molecule has 32 heavy (non-hydrogen) atoms. The van der Waals surface area contributed by atoms with Gasteiger partial charge in [0, 0.05) is 0 Å². The minimum absolute atomic E-state index is 0.347. The summed E-state index contributed by atoms with van der Waals surface area (Å²) in [6, 6.07) is 0. The fourth-order valence-electron chi connectivity index (χ4n) is 1.48. The third kappa shape index (κ3) is 29.0. The van der Waals surface area contributed by atoms with Crippen molar-refractivity contribution < 1.29 is 39.6 Å². The van der Waals surface area contributed by atoms with E-state index in [1.807, 2.05) is 0 Å². The van der Waals surface area contributed by atoms with Crippen molar-refractivity contribution in [3.63, 3.8) is 0 Å². The zero-order chi connectivity index (χ0) is 26.3. The van der Waals surface area contributed by atoms with E-state index in [2.05, 4.69) is 0 Å². The Kier molecular flexibility index (Phi) is 27.3. The second kappa shape index (κ2) is 24.1. The second-order valence-electron chi connectivity index (χ2n) is 6.61. The van der Waals surface area contributed by atoms with Gasteiger partial charge in [0.15, 0.2) is 0 Å². The van der Waals surface area contributed by atoms with Gasteiger partial charge < -0.3 is 20.4 Å². The fourth-order valence-corrected chi connectivity index (χ4v) is 1.48. The zero-order valence-corrected chi connectivity index (χ0v) is 20.4. The van der Waals surface area contributed by atoms with Crippen LogP contribution in [0.25, 0.3) is 0 Å². The molecule has 0 fully saturated rings. The predicted molar refractivity (Wildman–Crippen MR) is 126 cm³/mol. The van der Waals surface area contributed by atoms with Crippen LogP contribution in [0.3, 0.4) is 0 Å². The molecule has 0 aliphatic rings. The number of hydrogen-bond acceptors (Lipinski definition) is 4. The lowest BCUT2D eigenvalue weighted by molar-refractivity contribution is -0.140. The summed E-state index contributed by atoms with van der Waals surface area (Å²) < 4.78 is 0. The monoisotopic (exact) mass is 456 g/mol. The van der Waals surface area contributed by atoms with E-state index in [0.29, 0.717) is 0 Å². The Labute approximate surface area is 191 Å². The van der Waals surface area contributed by atoms with Crippen LogP contribution in [0.2, 0.25) is 0 Å². The van der Waals surface area contributed by atoms with Crippen LogP contribution in [0.5, 0.6) is 0 Å². The van der Waals surface area contributed by atoms with E-state index < -0.39 is 23.9 Å². The molecule has 0 aromatic heterocycles. The molecule has 4 N–H and O–H groups in total. The topological polar surface area (TPSA) is 149 Å². The summed E-state index contributed by atoms with van der Waals surface area (Å²) >= 11 is 0. The Balaban J connectivity index is -0.000000163. The number of carbonyl (C=O) groups is 4. The third-order valence-corrected chi connectivity index (χ3v) is 3.48. The van der Waals surface area contributed by atoms with Gasteiger partial charge in [-0.2, -0.15) is 0 Å². The zero-order valence-electron chi connectivity index (χ0n) is 20.4. The molecule has 4 unspecified atom stereocenters. The van der Waals surface area contributed by atoms with Gasteiger partial charge in [0.2, 0.25) is 0 Å². The highest BCUT2D eigenvalue weighted by Gasteiger charge is 2.05. The van der Waals surface area contributed by atoms with E-state index in [1.165, 1.54) is 0 Å². The van der Waals surface area contributed by atoms with Crippen molar-refractivity contribution in [2.45, 2.75) is 55.4 Å². The molecule has 8 heteroatoms. The van der Waals surface area contributed by atoms with Crippen LogP contribution in [-0.2, 0) is 19.2 Å². The Hall–Kier alpha value is -3.16. The van der Waals surface area contributed by atoms with Crippen LogP contribution in [0.15, 0.2) is 48.6 Å². The van der Waals surface area contributed by atoms with Crippen molar-refractivity contribution in [3.05, 3.63) is 48.6 Å². The summed E-state index contributed by atoms with van der Waals surface area (Å²) in [5.41, 5.74) is 0. The molecule has 0 aliphatic carbocycles. The molecule has 0 aromatic rings. The summed E-state index contributed by atoms with van der Waals surface area (Å²) in [5.74, 6) is -4.49. The number of carboxylic acid groups (broad SMARTS) is 4. The van der Waals surface area contributed by atoms with Gasteiger partial charge in [0.05, 0.1) is 23.7 Å². The summed E-state index contributed by atoms with van der Waals surface area (Å²) in [6.07, 6.45) is 13.5. The summed E-state index contributed by atoms with van der Waals surface area (Å²) in [5, 5.41) is 33.0. The first-order valence-electron chi connectivity index (χ1n) is 10.2. The molecular formula is C24H40O8. The van der Waals surface area contributed by atoms with Gasteiger partial charge in [-0.05, 0) is 55.4 Å². The molecule has 8 nitrogen and oxygen atoms in total. The van der Waals surface area contributed by atoms with Crippen molar-refractivity contribution in [3.8, 4) is 0 Å². The van der Waals surface area contributed by atoms with Gasteiger partial charge in [-0.25, -0.2) is 0 Å². The molecule has 0 radical (unpaired) electrons. The number of allylic oxidation sites excluding steroid dienone is 4. The van der Waals surface area contributed by atoms with Crippen molar-refractivity contribution in [2.24, 2.45) is 23.7 Å². The lowest BCUT2D eigenvalue weighted by atomic mass is 10.2. The quantitative estimate of drug-likeness (QED) is 0.367. The highest BCUT2D eigenvalue weighted by atomic mass is 16.4. The van der Waals surface area contributed by atoms with Crippen LogP contribution < -0.4 is 0 Å². The molecule has 0 spiro atoms. The Morgan fingerprint density at radius 3 is 0.594 bits per heavy atom. The molecule has 184 valence electrons. The highest BCUT2D eigenvalue weighted by molar-refractivity contribution is 5.72. The van der Waals surface area contributed by atoms with Gasteiger partial charge >= 0.3 is 23.9 Å². The summed E-state index contributed by atoms with van der Waals surface area (Å²) in [4.78, 5) is 40.2. The average molecular weight is 457 g/mol. The van der Waals surface area contributed by atoms with E-state index in [4.69, 9.17) is 20.4 Å². The standard InChI is InChI=1S/4C6H10O2/c4*1-3-4-5(2)6(7)8/h4*3-5H,1-2H3,(H,7,8). The van der Waals surface area contributed by atoms with E-state index in [1.54, 1.807) is 104 Å². The molecule has 0 saturated heterocycles. The van der Waals surface area contributed by atoms with Gasteiger partial charge in [-0.3, -0.25) is 19.2 Å². The largest absolute Gasteiger partial charge is 0.481 e. The maximum atomic E-state index is 10.0. The van der Waals surface area contributed by atoms with E-state index in [0.717, 1.165) is 0 Å². The normalized spacial score (nSPS) is 14.2. The van der Waals surface area contributed by atoms with Crippen molar-refractivity contribution in [2.75, 3.05) is 0 Å². The lowest BCUT2D eigenvalue weighted by Gasteiger charge is -1.93. The molecular weight excluding hydrogens is 416 g/mol. The molecule has 0 amide bonds. The van der Waals surface area contributed by atoms with Crippen LogP contribution in [0.1, 0.15) is 55.4 Å². The van der Waals surface area contributed by atoms with Gasteiger partial charge in [0.1, 0.15) is 0 Å². The van der Waals surface area contributed by atoms with Crippen molar-refractivity contribution in [1.82, 2.24) is 0 Å². The first kappa shape index (κ1) is 36.2. The first-order chi connectivity index (χ1) is 14.7. The maximum absolute atomic E-state index is 10.0. The van der Waals surface area contributed by atoms with Crippen LogP contribution in [0.4, 0.5) is 0 Å². The molecule has 0 aromatic carbocycles. The van der Waals surface area contributed by atoms with E-state index in [-0.39, 0.29) is 23.7 Å². The number of rotatable bonds is 8. The molecule has 0 rings (SSSR count). The molecule has 0 saturated carbocycles. The summed E-state index contributed by atoms with van der Waals surface area (Å²) in [7, 11) is 0. The number of carboxylic acids is 4. The minimum atomic E-state index is -0.775. The predicted octanol–water partition coefficient (Wildman–Crippen LogP) is 5.13. The van der Waals surface area contributed by atoms with Gasteiger partial charge in [-0.15, -0.1) is 0 Å². The van der Waals surface area contributed by atoms with Crippen LogP contribution in [0, 0.1) is 23.7 Å². The highest BCUT2D eigenvalue weighted by Crippen LogP contribution is 1.96. The SMILES string of the molecule is CC=CC(C)C(=O)O.CC=CC(C)C(=O)O.CC=CC(C)C(=O)O.CC=CC(C)C(=O)O.